The molecule has 184 valence electrons. The van der Waals surface area contributed by atoms with Gasteiger partial charge in [0.25, 0.3) is 0 Å². The van der Waals surface area contributed by atoms with Crippen molar-refractivity contribution in [2.45, 2.75) is 25.4 Å². The van der Waals surface area contributed by atoms with E-state index in [4.69, 9.17) is 5.73 Å². The third kappa shape index (κ3) is 6.36. The van der Waals surface area contributed by atoms with Gasteiger partial charge >= 0.3 is 6.18 Å². The number of primary amides is 1. The summed E-state index contributed by atoms with van der Waals surface area (Å²) in [7, 11) is 2.10. The van der Waals surface area contributed by atoms with E-state index in [2.05, 4.69) is 32.9 Å². The van der Waals surface area contributed by atoms with Gasteiger partial charge in [-0.05, 0) is 55.3 Å². The Bertz CT molecular complexity index is 1190. The number of alkyl halides is 3. The monoisotopic (exact) mass is 483 g/mol. The molecule has 9 heteroatoms. The molecule has 0 atom stereocenters. The zero-order valence-corrected chi connectivity index (χ0v) is 19.6. The molecule has 3 aromatic rings. The summed E-state index contributed by atoms with van der Waals surface area (Å²) in [4.78, 5) is 24.4. The summed E-state index contributed by atoms with van der Waals surface area (Å²) in [5, 5.41) is 0. The van der Waals surface area contributed by atoms with Crippen LogP contribution in [0.5, 0.6) is 0 Å². The van der Waals surface area contributed by atoms with E-state index in [1.807, 2.05) is 18.2 Å². The van der Waals surface area contributed by atoms with E-state index in [9.17, 15) is 18.0 Å². The van der Waals surface area contributed by atoms with Crippen LogP contribution in [0.15, 0.2) is 54.7 Å². The van der Waals surface area contributed by atoms with E-state index < -0.39 is 17.6 Å². The maximum atomic E-state index is 13.6. The minimum absolute atomic E-state index is 0.0535. The second-order valence-electron chi connectivity index (χ2n) is 8.85. The number of likely N-dealkylation sites (N-methyl/N-ethyl adjacent to an activating group) is 1. The van der Waals surface area contributed by atoms with E-state index in [1.54, 1.807) is 24.3 Å². The molecule has 1 saturated heterocycles. The second-order valence-corrected chi connectivity index (χ2v) is 8.85. The zero-order chi connectivity index (χ0) is 25.0. The summed E-state index contributed by atoms with van der Waals surface area (Å²) >= 11 is 0. The normalized spacial score (nSPS) is 14.8. The predicted molar refractivity (Wildman–Crippen MR) is 128 cm³/mol. The molecule has 0 unspecified atom stereocenters. The number of hydrogen-bond donors (Lipinski definition) is 1. The number of carbonyl (C=O) groups is 1. The molecule has 2 aromatic carbocycles. The maximum absolute atomic E-state index is 13.6. The molecule has 6 nitrogen and oxygen atoms in total. The fourth-order valence-electron chi connectivity index (χ4n) is 4.22. The molecule has 0 radical (unpaired) electrons. The number of nitrogens with two attached hydrogens (primary N) is 1. The van der Waals surface area contributed by atoms with E-state index in [1.165, 1.54) is 0 Å². The van der Waals surface area contributed by atoms with Crippen molar-refractivity contribution in [3.8, 4) is 0 Å². The molecular formula is C26H28F3N5O. The van der Waals surface area contributed by atoms with Crippen LogP contribution in [0, 0.1) is 0 Å². The largest absolute Gasteiger partial charge is 0.419 e. The molecule has 0 spiro atoms. The van der Waals surface area contributed by atoms with Crippen molar-refractivity contribution >= 4 is 11.6 Å². The van der Waals surface area contributed by atoms with E-state index in [0.29, 0.717) is 24.2 Å². The number of halogens is 3. The van der Waals surface area contributed by atoms with Gasteiger partial charge in [-0.25, -0.2) is 9.97 Å². The summed E-state index contributed by atoms with van der Waals surface area (Å²) in [6.45, 7) is 3.82. The third-order valence-corrected chi connectivity index (χ3v) is 6.23. The second kappa shape index (κ2) is 10.4. The molecule has 1 aliphatic rings. The van der Waals surface area contributed by atoms with Crippen LogP contribution in [-0.4, -0.2) is 54.0 Å². The molecule has 0 saturated carbocycles. The van der Waals surface area contributed by atoms with Gasteiger partial charge in [0.15, 0.2) is 0 Å². The topological polar surface area (TPSA) is 75.3 Å². The number of piperazine rings is 1. The zero-order valence-electron chi connectivity index (χ0n) is 19.6. The summed E-state index contributed by atoms with van der Waals surface area (Å²) in [6.07, 6.45) is -2.98. The lowest BCUT2D eigenvalue weighted by Crippen LogP contribution is -2.44. The van der Waals surface area contributed by atoms with Crippen molar-refractivity contribution in [3.05, 3.63) is 88.5 Å². The molecule has 35 heavy (non-hydrogen) atoms. The lowest BCUT2D eigenvalue weighted by atomic mass is 10.0. The van der Waals surface area contributed by atoms with E-state index >= 15 is 0 Å². The highest BCUT2D eigenvalue weighted by atomic mass is 19.4. The third-order valence-electron chi connectivity index (χ3n) is 6.23. The Morgan fingerprint density at radius 3 is 2.43 bits per heavy atom. The smallest absolute Gasteiger partial charge is 0.369 e. The number of aromatic nitrogens is 2. The average Bonchev–Trinajstić information content (AvgIpc) is 2.83. The van der Waals surface area contributed by atoms with Crippen LogP contribution in [0.2, 0.25) is 0 Å². The fourth-order valence-corrected chi connectivity index (χ4v) is 4.22. The van der Waals surface area contributed by atoms with Crippen LogP contribution in [0.4, 0.5) is 18.9 Å². The first-order chi connectivity index (χ1) is 16.7. The molecular weight excluding hydrogens is 455 g/mol. The van der Waals surface area contributed by atoms with Gasteiger partial charge in [0.2, 0.25) is 5.91 Å². The number of rotatable bonds is 7. The van der Waals surface area contributed by atoms with Gasteiger partial charge < -0.3 is 15.5 Å². The minimum atomic E-state index is -4.55. The first-order valence-corrected chi connectivity index (χ1v) is 11.5. The number of hydrogen-bond acceptors (Lipinski definition) is 5. The molecule has 4 rings (SSSR count). The van der Waals surface area contributed by atoms with Crippen molar-refractivity contribution in [1.82, 2.24) is 14.9 Å². The number of benzene rings is 2. The van der Waals surface area contributed by atoms with Crippen LogP contribution in [0.25, 0.3) is 0 Å². The first-order valence-electron chi connectivity index (χ1n) is 11.5. The van der Waals surface area contributed by atoms with Gasteiger partial charge in [-0.15, -0.1) is 0 Å². The summed E-state index contributed by atoms with van der Waals surface area (Å²) in [5.41, 5.74) is 7.51. The van der Waals surface area contributed by atoms with Gasteiger partial charge in [0, 0.05) is 50.0 Å². The Labute approximate surface area is 202 Å². The van der Waals surface area contributed by atoms with Crippen molar-refractivity contribution in [1.29, 1.82) is 0 Å². The SMILES string of the molecule is CN1CCN(c2cccc(Cc3ncc(C(F)(F)F)c(CCc4cccc(C(N)=O)c4)n3)c2)CC1. The van der Waals surface area contributed by atoms with Crippen LogP contribution in [0.1, 0.15) is 38.6 Å². The summed E-state index contributed by atoms with van der Waals surface area (Å²) in [5.74, 6) is -0.236. The lowest BCUT2D eigenvalue weighted by Gasteiger charge is -2.34. The maximum Gasteiger partial charge on any atom is 0.419 e. The summed E-state index contributed by atoms with van der Waals surface area (Å²) < 4.78 is 40.9. The van der Waals surface area contributed by atoms with Gasteiger partial charge in [-0.3, -0.25) is 4.79 Å². The molecule has 1 aromatic heterocycles. The number of anilines is 1. The van der Waals surface area contributed by atoms with Crippen LogP contribution in [-0.2, 0) is 25.4 Å². The van der Waals surface area contributed by atoms with Gasteiger partial charge in [0.05, 0.1) is 11.3 Å². The van der Waals surface area contributed by atoms with Crippen LogP contribution in [0.3, 0.4) is 0 Å². The molecule has 1 fully saturated rings. The number of carbonyl (C=O) groups excluding carboxylic acids is 1. The highest BCUT2D eigenvalue weighted by Gasteiger charge is 2.34. The molecule has 1 aliphatic heterocycles. The number of nitrogens with zero attached hydrogens (tertiary/aromatic N) is 4. The standard InChI is InChI=1S/C26H28F3N5O/c1-33-10-12-34(13-11-33)21-7-3-5-19(15-21)16-24-31-17-22(26(27,28)29)23(32-24)9-8-18-4-2-6-20(14-18)25(30)35/h2-7,14-15,17H,8-13,16H2,1H3,(H2,30,35). The fraction of sp³-hybridized carbons (Fsp3) is 0.346. The first kappa shape index (κ1) is 24.7. The van der Waals surface area contributed by atoms with Crippen LogP contribution >= 0.6 is 0 Å². The van der Waals surface area contributed by atoms with Crippen molar-refractivity contribution < 1.29 is 18.0 Å². The van der Waals surface area contributed by atoms with Gasteiger partial charge in [-0.2, -0.15) is 13.2 Å². The average molecular weight is 484 g/mol. The van der Waals surface area contributed by atoms with E-state index in [0.717, 1.165) is 49.2 Å². The Hall–Kier alpha value is -3.46. The lowest BCUT2D eigenvalue weighted by molar-refractivity contribution is -0.138. The Kier molecular flexibility index (Phi) is 7.35. The van der Waals surface area contributed by atoms with Crippen LogP contribution < -0.4 is 10.6 Å². The Morgan fingerprint density at radius 2 is 1.71 bits per heavy atom. The molecule has 1 amide bonds. The summed E-state index contributed by atoms with van der Waals surface area (Å²) in [6, 6.07) is 14.6. The van der Waals surface area contributed by atoms with Gasteiger partial charge in [-0.1, -0.05) is 24.3 Å². The highest BCUT2D eigenvalue weighted by Crippen LogP contribution is 2.31. The molecule has 0 bridgehead atoms. The van der Waals surface area contributed by atoms with Gasteiger partial charge in [0.1, 0.15) is 5.82 Å². The molecule has 2 heterocycles. The molecule has 0 aliphatic carbocycles. The quantitative estimate of drug-likeness (QED) is 0.555. The molecule has 2 N–H and O–H groups in total. The Balaban J connectivity index is 1.53. The van der Waals surface area contributed by atoms with Crippen molar-refractivity contribution in [2.24, 2.45) is 5.73 Å². The van der Waals surface area contributed by atoms with Crippen molar-refractivity contribution in [3.63, 3.8) is 0 Å². The predicted octanol–water partition coefficient (Wildman–Crippen LogP) is 3.72. The van der Waals surface area contributed by atoms with E-state index in [-0.39, 0.29) is 12.1 Å². The number of amides is 1. The Morgan fingerprint density at radius 1 is 1.00 bits per heavy atom. The van der Waals surface area contributed by atoms with Crippen molar-refractivity contribution in [2.75, 3.05) is 38.1 Å². The number of aryl methyl sites for hydroxylation is 2. The highest BCUT2D eigenvalue weighted by molar-refractivity contribution is 5.92. The minimum Gasteiger partial charge on any atom is -0.369 e.